The van der Waals surface area contributed by atoms with Gasteiger partial charge in [-0.25, -0.2) is 0 Å². The van der Waals surface area contributed by atoms with E-state index in [2.05, 4.69) is 36.8 Å². The van der Waals surface area contributed by atoms with Crippen LogP contribution in [0.4, 0.5) is 0 Å². The molecule has 0 N–H and O–H groups in total. The summed E-state index contributed by atoms with van der Waals surface area (Å²) in [6.07, 6.45) is 1.07. The summed E-state index contributed by atoms with van der Waals surface area (Å²) in [6, 6.07) is 6.15. The van der Waals surface area contributed by atoms with Gasteiger partial charge in [0.25, 0.3) is 0 Å². The van der Waals surface area contributed by atoms with Crippen molar-refractivity contribution in [2.75, 3.05) is 0 Å². The Labute approximate surface area is 92.3 Å². The van der Waals surface area contributed by atoms with Gasteiger partial charge in [-0.05, 0) is 18.6 Å². The van der Waals surface area contributed by atoms with E-state index in [0.29, 0.717) is 5.75 Å². The number of hydrogen-bond donors (Lipinski definition) is 1. The highest BCUT2D eigenvalue weighted by Gasteiger charge is 2.07. The van der Waals surface area contributed by atoms with Gasteiger partial charge in [0.1, 0.15) is 0 Å². The van der Waals surface area contributed by atoms with Crippen LogP contribution in [0.3, 0.4) is 0 Å². The number of hydrogen-bond acceptors (Lipinski definition) is 4. The second-order valence-electron chi connectivity index (χ2n) is 2.96. The van der Waals surface area contributed by atoms with Gasteiger partial charge in [-0.2, -0.15) is 12.6 Å². The van der Waals surface area contributed by atoms with Gasteiger partial charge in [0.2, 0.25) is 0 Å². The monoisotopic (exact) mass is 225 g/mol. The number of nitrogens with zero attached hydrogens (tertiary/aromatic N) is 1. The van der Waals surface area contributed by atoms with Crippen molar-refractivity contribution in [3.05, 3.63) is 28.8 Å². The van der Waals surface area contributed by atoms with Gasteiger partial charge in [-0.15, -0.1) is 11.3 Å². The van der Waals surface area contributed by atoms with Crippen molar-refractivity contribution in [1.29, 1.82) is 0 Å². The normalized spacial score (nSPS) is 10.7. The van der Waals surface area contributed by atoms with Crippen molar-refractivity contribution in [2.45, 2.75) is 19.1 Å². The zero-order chi connectivity index (χ0) is 9.97. The SMILES string of the molecule is CCc1ccc(-c2cc(CS)no2)s1. The third-order valence-corrected chi connectivity index (χ3v) is 3.54. The molecule has 0 atom stereocenters. The largest absolute Gasteiger partial charge is 0.355 e. The molecule has 2 aromatic rings. The Bertz CT molecular complexity index is 379. The standard InChI is InChI=1S/C10H11NOS2/c1-2-8-3-4-10(14-8)9-5-7(6-13)11-12-9/h3-5,13H,2,6H2,1H3. The van der Waals surface area contributed by atoms with Crippen molar-refractivity contribution in [2.24, 2.45) is 0 Å². The number of thiophene rings is 1. The predicted molar refractivity (Wildman–Crippen MR) is 61.9 cm³/mol. The Kier molecular flexibility index (Phi) is 2.93. The van der Waals surface area contributed by atoms with Crippen molar-refractivity contribution < 1.29 is 4.52 Å². The first-order valence-corrected chi connectivity index (χ1v) is 5.94. The molecule has 2 rings (SSSR count). The van der Waals surface area contributed by atoms with Crippen LogP contribution in [-0.4, -0.2) is 5.16 Å². The summed E-state index contributed by atoms with van der Waals surface area (Å²) in [7, 11) is 0. The van der Waals surface area contributed by atoms with Crippen LogP contribution in [0.25, 0.3) is 10.6 Å². The fourth-order valence-electron chi connectivity index (χ4n) is 1.20. The molecule has 0 saturated carbocycles. The number of thiol groups is 1. The maximum atomic E-state index is 5.21. The van der Waals surface area contributed by atoms with Crippen LogP contribution < -0.4 is 0 Å². The first-order chi connectivity index (χ1) is 6.83. The molecule has 14 heavy (non-hydrogen) atoms. The lowest BCUT2D eigenvalue weighted by Crippen LogP contribution is -1.70. The van der Waals surface area contributed by atoms with Crippen LogP contribution in [-0.2, 0) is 12.2 Å². The summed E-state index contributed by atoms with van der Waals surface area (Å²) in [6.45, 7) is 2.15. The lowest BCUT2D eigenvalue weighted by molar-refractivity contribution is 0.427. The molecule has 0 fully saturated rings. The van der Waals surface area contributed by atoms with E-state index in [1.807, 2.05) is 6.07 Å². The summed E-state index contributed by atoms with van der Waals surface area (Å²) in [5.41, 5.74) is 0.884. The molecule has 0 aromatic carbocycles. The Morgan fingerprint density at radius 2 is 2.36 bits per heavy atom. The topological polar surface area (TPSA) is 26.0 Å². The van der Waals surface area contributed by atoms with Gasteiger partial charge in [0.15, 0.2) is 5.76 Å². The Morgan fingerprint density at radius 1 is 1.50 bits per heavy atom. The molecule has 0 unspecified atom stereocenters. The van der Waals surface area contributed by atoms with E-state index in [0.717, 1.165) is 22.8 Å². The van der Waals surface area contributed by atoms with Crippen LogP contribution >= 0.6 is 24.0 Å². The molecule has 0 aliphatic rings. The van der Waals surface area contributed by atoms with E-state index in [1.165, 1.54) is 4.88 Å². The lowest BCUT2D eigenvalue weighted by atomic mass is 10.3. The van der Waals surface area contributed by atoms with Gasteiger partial charge in [-0.3, -0.25) is 0 Å². The maximum absolute atomic E-state index is 5.21. The van der Waals surface area contributed by atoms with E-state index in [9.17, 15) is 0 Å². The fourth-order valence-corrected chi connectivity index (χ4v) is 2.25. The molecule has 0 spiro atoms. The average molecular weight is 225 g/mol. The molecule has 74 valence electrons. The van der Waals surface area contributed by atoms with E-state index in [-0.39, 0.29) is 0 Å². The minimum atomic E-state index is 0.621. The number of aromatic nitrogens is 1. The predicted octanol–water partition coefficient (Wildman–Crippen LogP) is 3.40. The van der Waals surface area contributed by atoms with Gasteiger partial charge in [0.05, 0.1) is 10.6 Å². The third kappa shape index (κ3) is 1.86. The van der Waals surface area contributed by atoms with Crippen molar-refractivity contribution in [3.8, 4) is 10.6 Å². The van der Waals surface area contributed by atoms with Crippen LogP contribution in [0.5, 0.6) is 0 Å². The molecular formula is C10H11NOS2. The molecular weight excluding hydrogens is 214 g/mol. The van der Waals surface area contributed by atoms with E-state index in [1.54, 1.807) is 11.3 Å². The molecule has 2 aromatic heterocycles. The van der Waals surface area contributed by atoms with E-state index >= 15 is 0 Å². The molecule has 2 heterocycles. The zero-order valence-electron chi connectivity index (χ0n) is 7.86. The summed E-state index contributed by atoms with van der Waals surface area (Å²) in [4.78, 5) is 2.51. The molecule has 0 radical (unpaired) electrons. The maximum Gasteiger partial charge on any atom is 0.177 e. The van der Waals surface area contributed by atoms with Gasteiger partial charge < -0.3 is 4.52 Å². The van der Waals surface area contributed by atoms with Gasteiger partial charge >= 0.3 is 0 Å². The summed E-state index contributed by atoms with van der Waals surface area (Å²) < 4.78 is 5.21. The van der Waals surface area contributed by atoms with Crippen molar-refractivity contribution in [1.82, 2.24) is 5.16 Å². The second kappa shape index (κ2) is 4.19. The second-order valence-corrected chi connectivity index (χ2v) is 4.44. The van der Waals surface area contributed by atoms with Crippen molar-refractivity contribution >= 4 is 24.0 Å². The first kappa shape index (κ1) is 9.80. The Balaban J connectivity index is 2.29. The van der Waals surface area contributed by atoms with Crippen LogP contribution in [0.15, 0.2) is 22.7 Å². The van der Waals surface area contributed by atoms with E-state index in [4.69, 9.17) is 4.52 Å². The number of rotatable bonds is 3. The van der Waals surface area contributed by atoms with Crippen molar-refractivity contribution in [3.63, 3.8) is 0 Å². The lowest BCUT2D eigenvalue weighted by Gasteiger charge is -1.86. The molecule has 0 amide bonds. The Morgan fingerprint density at radius 3 is 2.93 bits per heavy atom. The summed E-state index contributed by atoms with van der Waals surface area (Å²) in [5.74, 6) is 1.47. The molecule has 4 heteroatoms. The highest BCUT2D eigenvalue weighted by atomic mass is 32.1. The minimum Gasteiger partial charge on any atom is -0.355 e. The molecule has 0 bridgehead atoms. The van der Waals surface area contributed by atoms with Crippen LogP contribution in [0.2, 0.25) is 0 Å². The average Bonchev–Trinajstić information content (AvgIpc) is 2.86. The smallest absolute Gasteiger partial charge is 0.177 e. The molecule has 0 aliphatic carbocycles. The van der Waals surface area contributed by atoms with Gasteiger partial charge in [-0.1, -0.05) is 12.1 Å². The zero-order valence-corrected chi connectivity index (χ0v) is 9.57. The molecule has 2 nitrogen and oxygen atoms in total. The quantitative estimate of drug-likeness (QED) is 0.810. The highest BCUT2D eigenvalue weighted by Crippen LogP contribution is 2.28. The molecule has 0 aliphatic heterocycles. The van der Waals surface area contributed by atoms with Crippen LogP contribution in [0, 0.1) is 0 Å². The number of aryl methyl sites for hydroxylation is 1. The summed E-state index contributed by atoms with van der Waals surface area (Å²) >= 11 is 5.89. The molecule has 0 saturated heterocycles. The summed E-state index contributed by atoms with van der Waals surface area (Å²) in [5, 5.41) is 3.90. The minimum absolute atomic E-state index is 0.621. The fraction of sp³-hybridized carbons (Fsp3) is 0.300. The highest BCUT2D eigenvalue weighted by molar-refractivity contribution is 7.79. The van der Waals surface area contributed by atoms with E-state index < -0.39 is 0 Å². The van der Waals surface area contributed by atoms with Gasteiger partial charge in [0, 0.05) is 16.7 Å². The first-order valence-electron chi connectivity index (χ1n) is 4.49. The van der Waals surface area contributed by atoms with Crippen LogP contribution in [0.1, 0.15) is 17.5 Å². The third-order valence-electron chi connectivity index (χ3n) is 1.97. The Hall–Kier alpha value is -0.740.